The number of hydrogen-bond acceptors (Lipinski definition) is 3. The van der Waals surface area contributed by atoms with E-state index in [1.54, 1.807) is 6.08 Å². The Morgan fingerprint density at radius 2 is 1.87 bits per heavy atom. The molecule has 23 heavy (non-hydrogen) atoms. The zero-order chi connectivity index (χ0) is 16.4. The van der Waals surface area contributed by atoms with Crippen LogP contribution in [0.5, 0.6) is 0 Å². The summed E-state index contributed by atoms with van der Waals surface area (Å²) in [6.45, 7) is 4.50. The molecule has 0 saturated carbocycles. The van der Waals surface area contributed by atoms with Crippen LogP contribution in [-0.2, 0) is 11.3 Å². The van der Waals surface area contributed by atoms with Gasteiger partial charge in [0.05, 0.1) is 11.4 Å². The number of rotatable bonds is 4. The van der Waals surface area contributed by atoms with Crippen molar-refractivity contribution >= 4 is 29.0 Å². The number of benzene rings is 1. The van der Waals surface area contributed by atoms with Crippen LogP contribution in [-0.4, -0.2) is 20.6 Å². The number of carbonyl (C=O) groups excluding carboxylic acids is 2. The monoisotopic (exact) mass is 326 g/mol. The van der Waals surface area contributed by atoms with E-state index in [9.17, 15) is 9.59 Å². The van der Waals surface area contributed by atoms with Crippen LogP contribution in [0.3, 0.4) is 0 Å². The van der Waals surface area contributed by atoms with Gasteiger partial charge in [0, 0.05) is 18.4 Å². The first-order valence-electron chi connectivity index (χ1n) is 7.51. The lowest BCUT2D eigenvalue weighted by Gasteiger charge is -2.12. The van der Waals surface area contributed by atoms with Gasteiger partial charge in [-0.1, -0.05) is 30.3 Å². The molecule has 2 aromatic rings. The highest BCUT2D eigenvalue weighted by Crippen LogP contribution is 2.33. The third-order valence-corrected chi connectivity index (χ3v) is 4.60. The fourth-order valence-corrected chi connectivity index (χ4v) is 3.23. The maximum atomic E-state index is 12.5. The van der Waals surface area contributed by atoms with Crippen molar-refractivity contribution in [3.05, 3.63) is 64.8 Å². The Morgan fingerprint density at radius 1 is 1.13 bits per heavy atom. The van der Waals surface area contributed by atoms with E-state index in [4.69, 9.17) is 0 Å². The molecule has 1 saturated heterocycles. The van der Waals surface area contributed by atoms with Crippen LogP contribution >= 0.6 is 11.8 Å². The topological polar surface area (TPSA) is 42.3 Å². The van der Waals surface area contributed by atoms with Gasteiger partial charge < -0.3 is 4.57 Å². The lowest BCUT2D eigenvalue weighted by Crippen LogP contribution is -2.27. The molecule has 3 rings (SSSR count). The summed E-state index contributed by atoms with van der Waals surface area (Å²) in [6, 6.07) is 11.9. The Kier molecular flexibility index (Phi) is 4.39. The largest absolute Gasteiger partial charge is 0.351 e. The maximum absolute atomic E-state index is 12.5. The van der Waals surface area contributed by atoms with Crippen LogP contribution in [0.4, 0.5) is 4.79 Å². The van der Waals surface area contributed by atoms with E-state index in [0.717, 1.165) is 22.9 Å². The molecule has 2 heterocycles. The Hall–Kier alpha value is -2.27. The highest BCUT2D eigenvalue weighted by atomic mass is 32.2. The number of carbonyl (C=O) groups is 2. The Morgan fingerprint density at radius 3 is 2.52 bits per heavy atom. The number of aromatic nitrogens is 1. The van der Waals surface area contributed by atoms with Gasteiger partial charge in [-0.2, -0.15) is 0 Å². The zero-order valence-corrected chi connectivity index (χ0v) is 13.9. The number of hydrogen-bond donors (Lipinski definition) is 0. The molecule has 4 nitrogen and oxygen atoms in total. The molecule has 0 aliphatic carbocycles. The van der Waals surface area contributed by atoms with E-state index in [2.05, 4.69) is 18.4 Å². The summed E-state index contributed by atoms with van der Waals surface area (Å²) in [5.41, 5.74) is 1.88. The van der Waals surface area contributed by atoms with Crippen LogP contribution in [0, 0.1) is 0 Å². The van der Waals surface area contributed by atoms with Gasteiger partial charge in [0.1, 0.15) is 0 Å². The second-order valence-electron chi connectivity index (χ2n) is 5.74. The van der Waals surface area contributed by atoms with Gasteiger partial charge in [0.15, 0.2) is 0 Å². The van der Waals surface area contributed by atoms with Crippen molar-refractivity contribution in [3.63, 3.8) is 0 Å². The van der Waals surface area contributed by atoms with Gasteiger partial charge in [0.2, 0.25) is 0 Å². The summed E-state index contributed by atoms with van der Waals surface area (Å²) < 4.78 is 2.07. The Bertz CT molecular complexity index is 762. The third-order valence-electron chi connectivity index (χ3n) is 3.69. The van der Waals surface area contributed by atoms with Gasteiger partial charge in [-0.05, 0) is 48.9 Å². The molecule has 0 unspecified atom stereocenters. The Labute approximate surface area is 139 Å². The second-order valence-corrected chi connectivity index (χ2v) is 6.73. The lowest BCUT2D eigenvalue weighted by molar-refractivity contribution is -0.123. The van der Waals surface area contributed by atoms with Crippen molar-refractivity contribution in [1.29, 1.82) is 0 Å². The molecule has 0 bridgehead atoms. The standard InChI is InChI=1S/C18H18N2O2S/c1-13(2)19-9-8-15(11-19)10-16-17(21)20(18(22)23-16)12-14-6-4-3-5-7-14/h3-11,13H,12H2,1-2H3/b16-10+. The molecule has 0 radical (unpaired) electrons. The number of imide groups is 1. The minimum atomic E-state index is -0.221. The van der Waals surface area contributed by atoms with E-state index in [1.807, 2.05) is 48.8 Å². The SMILES string of the molecule is CC(C)n1ccc(/C=C2/SC(=O)N(Cc3ccccc3)C2=O)c1. The second kappa shape index (κ2) is 6.46. The third kappa shape index (κ3) is 3.40. The quantitative estimate of drug-likeness (QED) is 0.787. The molecule has 0 spiro atoms. The van der Waals surface area contributed by atoms with Crippen molar-refractivity contribution in [2.45, 2.75) is 26.4 Å². The zero-order valence-electron chi connectivity index (χ0n) is 13.1. The average molecular weight is 326 g/mol. The molecule has 1 aromatic heterocycles. The summed E-state index contributed by atoms with van der Waals surface area (Å²) in [5.74, 6) is -0.221. The minimum absolute atomic E-state index is 0.214. The van der Waals surface area contributed by atoms with Crippen LogP contribution in [0.15, 0.2) is 53.7 Å². The molecule has 5 heteroatoms. The molecular formula is C18H18N2O2S. The van der Waals surface area contributed by atoms with Crippen molar-refractivity contribution in [3.8, 4) is 0 Å². The molecule has 1 aliphatic heterocycles. The van der Waals surface area contributed by atoms with Crippen molar-refractivity contribution in [2.75, 3.05) is 0 Å². The van der Waals surface area contributed by atoms with E-state index >= 15 is 0 Å². The maximum Gasteiger partial charge on any atom is 0.293 e. The van der Waals surface area contributed by atoms with Gasteiger partial charge in [-0.15, -0.1) is 0 Å². The predicted octanol–water partition coefficient (Wildman–Crippen LogP) is 4.31. The van der Waals surface area contributed by atoms with Crippen molar-refractivity contribution in [1.82, 2.24) is 9.47 Å². The first-order chi connectivity index (χ1) is 11.0. The summed E-state index contributed by atoms with van der Waals surface area (Å²) in [6.07, 6.45) is 5.75. The normalized spacial score (nSPS) is 16.8. The van der Waals surface area contributed by atoms with Gasteiger partial charge >= 0.3 is 0 Å². The van der Waals surface area contributed by atoms with E-state index < -0.39 is 0 Å². The van der Waals surface area contributed by atoms with Crippen LogP contribution in [0.2, 0.25) is 0 Å². The summed E-state index contributed by atoms with van der Waals surface area (Å²) >= 11 is 1.00. The van der Waals surface area contributed by atoms with Gasteiger partial charge in [0.25, 0.3) is 11.1 Å². The molecule has 1 aliphatic rings. The fourth-order valence-electron chi connectivity index (χ4n) is 2.39. The van der Waals surface area contributed by atoms with E-state index in [1.165, 1.54) is 4.90 Å². The lowest BCUT2D eigenvalue weighted by atomic mass is 10.2. The molecule has 0 atom stereocenters. The first-order valence-corrected chi connectivity index (χ1v) is 8.33. The Balaban J connectivity index is 1.78. The van der Waals surface area contributed by atoms with E-state index in [-0.39, 0.29) is 11.1 Å². The van der Waals surface area contributed by atoms with Gasteiger partial charge in [-0.25, -0.2) is 0 Å². The molecule has 0 N–H and O–H groups in total. The molecular weight excluding hydrogens is 308 g/mol. The molecule has 2 amide bonds. The summed E-state index contributed by atoms with van der Waals surface area (Å²) in [5, 5.41) is -0.214. The van der Waals surface area contributed by atoms with Crippen molar-refractivity contribution in [2.24, 2.45) is 0 Å². The summed E-state index contributed by atoms with van der Waals surface area (Å²) in [7, 11) is 0. The fraction of sp³-hybridized carbons (Fsp3) is 0.222. The first kappa shape index (κ1) is 15.6. The van der Waals surface area contributed by atoms with E-state index in [0.29, 0.717) is 17.5 Å². The number of nitrogens with zero attached hydrogens (tertiary/aromatic N) is 2. The summed E-state index contributed by atoms with van der Waals surface area (Å²) in [4.78, 5) is 26.4. The highest BCUT2D eigenvalue weighted by Gasteiger charge is 2.34. The van der Waals surface area contributed by atoms with Crippen molar-refractivity contribution < 1.29 is 9.59 Å². The predicted molar refractivity (Wildman–Crippen MR) is 92.8 cm³/mol. The van der Waals surface area contributed by atoms with Crippen LogP contribution in [0.25, 0.3) is 6.08 Å². The molecule has 118 valence electrons. The molecule has 1 aromatic carbocycles. The molecule has 1 fully saturated rings. The average Bonchev–Trinajstić information content (AvgIpc) is 3.10. The minimum Gasteiger partial charge on any atom is -0.351 e. The van der Waals surface area contributed by atoms with Crippen LogP contribution in [0.1, 0.15) is 31.0 Å². The van der Waals surface area contributed by atoms with Gasteiger partial charge in [-0.3, -0.25) is 14.5 Å². The number of thioether (sulfide) groups is 1. The highest BCUT2D eigenvalue weighted by molar-refractivity contribution is 8.18. The van der Waals surface area contributed by atoms with Crippen LogP contribution < -0.4 is 0 Å². The number of amides is 2. The smallest absolute Gasteiger partial charge is 0.293 e.